The molecule has 1 heterocycles. The molecular formula is C20H29ClN2O3. The average Bonchev–Trinajstić information content (AvgIpc) is 2.76. The summed E-state index contributed by atoms with van der Waals surface area (Å²) in [5.41, 5.74) is 0.465. The second-order valence-corrected chi connectivity index (χ2v) is 8.36. The Hall–Kier alpha value is -1.75. The number of ether oxygens (including phenoxy) is 1. The number of unbranched alkanes of at least 4 members (excludes halogenated alkanes) is 1. The lowest BCUT2D eigenvalue weighted by Crippen LogP contribution is -2.40. The molecule has 26 heavy (non-hydrogen) atoms. The van der Waals surface area contributed by atoms with Crippen LogP contribution >= 0.6 is 11.6 Å². The fraction of sp³-hybridized carbons (Fsp3) is 0.600. The van der Waals surface area contributed by atoms with Crippen LogP contribution in [0, 0.1) is 0 Å². The number of rotatable bonds is 8. The average molecular weight is 381 g/mol. The van der Waals surface area contributed by atoms with Gasteiger partial charge in [-0.2, -0.15) is 0 Å². The number of nitrogens with zero attached hydrogens (tertiary/aromatic N) is 1. The summed E-state index contributed by atoms with van der Waals surface area (Å²) in [6.07, 6.45) is 2.45. The van der Waals surface area contributed by atoms with E-state index < -0.39 is 5.54 Å². The zero-order chi connectivity index (χ0) is 19.5. The Morgan fingerprint density at radius 1 is 1.23 bits per heavy atom. The van der Waals surface area contributed by atoms with Crippen LogP contribution in [0.1, 0.15) is 59.4 Å². The molecule has 0 radical (unpaired) electrons. The van der Waals surface area contributed by atoms with Gasteiger partial charge in [0.15, 0.2) is 0 Å². The van der Waals surface area contributed by atoms with Gasteiger partial charge in [0.1, 0.15) is 11.3 Å². The molecule has 1 aromatic carbocycles. The van der Waals surface area contributed by atoms with Crippen molar-refractivity contribution in [1.29, 1.82) is 0 Å². The normalized spacial score (nSPS) is 16.8. The lowest BCUT2D eigenvalue weighted by atomic mass is 9.82. The minimum atomic E-state index is -0.810. The van der Waals surface area contributed by atoms with Crippen LogP contribution in [0.2, 0.25) is 5.02 Å². The lowest BCUT2D eigenvalue weighted by molar-refractivity contribution is -0.130. The first kappa shape index (κ1) is 20.6. The van der Waals surface area contributed by atoms with Crippen LogP contribution in [-0.4, -0.2) is 35.5 Å². The Kier molecular flexibility index (Phi) is 6.22. The van der Waals surface area contributed by atoms with Gasteiger partial charge in [-0.3, -0.25) is 9.69 Å². The van der Waals surface area contributed by atoms with Gasteiger partial charge in [0.05, 0.1) is 11.6 Å². The van der Waals surface area contributed by atoms with Gasteiger partial charge >= 0.3 is 6.03 Å². The van der Waals surface area contributed by atoms with E-state index in [9.17, 15) is 9.59 Å². The number of hydrogen-bond donors (Lipinski definition) is 1. The summed E-state index contributed by atoms with van der Waals surface area (Å²) in [6, 6.07) is 5.61. The summed E-state index contributed by atoms with van der Waals surface area (Å²) in [5, 5.41) is 3.29. The second-order valence-electron chi connectivity index (χ2n) is 7.95. The minimum Gasteiger partial charge on any atom is -0.492 e. The summed E-state index contributed by atoms with van der Waals surface area (Å²) in [5.74, 6) is 0.485. The molecule has 1 saturated heterocycles. The Labute approximate surface area is 161 Å². The highest BCUT2D eigenvalue weighted by atomic mass is 35.5. The third-order valence-corrected chi connectivity index (χ3v) is 5.37. The minimum absolute atomic E-state index is 0.0821. The number of carbonyl (C=O) groups excluding carboxylic acids is 2. The van der Waals surface area contributed by atoms with Crippen LogP contribution in [0.5, 0.6) is 5.75 Å². The standard InChI is InChI=1S/C20H29ClN2O3/c1-6-19(2,3)14-9-10-16(15(21)13-14)26-12-8-7-11-23-17(24)20(4,5)22-18(23)25/h9-10,13H,6-8,11-12H2,1-5H3,(H,22,25). The van der Waals surface area contributed by atoms with E-state index in [0.717, 1.165) is 12.8 Å². The summed E-state index contributed by atoms with van der Waals surface area (Å²) in [4.78, 5) is 25.2. The van der Waals surface area contributed by atoms with E-state index in [1.54, 1.807) is 13.8 Å². The first-order chi connectivity index (χ1) is 12.1. The molecule has 2 rings (SSSR count). The molecule has 144 valence electrons. The van der Waals surface area contributed by atoms with Crippen molar-refractivity contribution in [3.05, 3.63) is 28.8 Å². The zero-order valence-electron chi connectivity index (χ0n) is 16.3. The maximum atomic E-state index is 12.1. The van der Waals surface area contributed by atoms with Crippen molar-refractivity contribution >= 4 is 23.5 Å². The van der Waals surface area contributed by atoms with Crippen molar-refractivity contribution in [2.75, 3.05) is 13.2 Å². The molecule has 3 amide bonds. The predicted molar refractivity (Wildman–Crippen MR) is 104 cm³/mol. The molecule has 5 nitrogen and oxygen atoms in total. The van der Waals surface area contributed by atoms with Gasteiger partial charge in [-0.05, 0) is 56.2 Å². The maximum absolute atomic E-state index is 12.1. The highest BCUT2D eigenvalue weighted by Crippen LogP contribution is 2.33. The number of carbonyl (C=O) groups is 2. The van der Waals surface area contributed by atoms with Gasteiger partial charge in [-0.25, -0.2) is 4.79 Å². The van der Waals surface area contributed by atoms with Crippen LogP contribution < -0.4 is 10.1 Å². The van der Waals surface area contributed by atoms with Gasteiger partial charge in [-0.1, -0.05) is 38.4 Å². The largest absolute Gasteiger partial charge is 0.492 e. The van der Waals surface area contributed by atoms with Crippen LogP contribution in [0.25, 0.3) is 0 Å². The fourth-order valence-electron chi connectivity index (χ4n) is 2.82. The monoisotopic (exact) mass is 380 g/mol. The number of urea groups is 1. The van der Waals surface area contributed by atoms with Crippen molar-refractivity contribution in [3.63, 3.8) is 0 Å². The highest BCUT2D eigenvalue weighted by Gasteiger charge is 2.43. The van der Waals surface area contributed by atoms with Crippen LogP contribution in [0.15, 0.2) is 18.2 Å². The fourth-order valence-corrected chi connectivity index (χ4v) is 3.05. The lowest BCUT2D eigenvalue weighted by Gasteiger charge is -2.24. The van der Waals surface area contributed by atoms with Gasteiger partial charge in [0.2, 0.25) is 0 Å². The van der Waals surface area contributed by atoms with E-state index in [2.05, 4.69) is 32.2 Å². The van der Waals surface area contributed by atoms with Gasteiger partial charge in [0, 0.05) is 6.54 Å². The predicted octanol–water partition coefficient (Wildman–Crippen LogP) is 4.52. The van der Waals surface area contributed by atoms with Gasteiger partial charge < -0.3 is 10.1 Å². The molecule has 0 saturated carbocycles. The first-order valence-corrected chi connectivity index (χ1v) is 9.53. The molecule has 1 N–H and O–H groups in total. The molecule has 1 aliphatic rings. The Balaban J connectivity index is 1.80. The van der Waals surface area contributed by atoms with Crippen molar-refractivity contribution in [1.82, 2.24) is 10.2 Å². The number of hydrogen-bond acceptors (Lipinski definition) is 3. The molecule has 0 aliphatic carbocycles. The highest BCUT2D eigenvalue weighted by molar-refractivity contribution is 6.32. The van der Waals surface area contributed by atoms with Crippen LogP contribution in [0.4, 0.5) is 4.79 Å². The van der Waals surface area contributed by atoms with E-state index in [0.29, 0.717) is 30.3 Å². The Bertz CT molecular complexity index is 686. The molecule has 0 bridgehead atoms. The van der Waals surface area contributed by atoms with Crippen LogP contribution in [0.3, 0.4) is 0 Å². The number of nitrogens with one attached hydrogen (secondary N) is 1. The van der Waals surface area contributed by atoms with Gasteiger partial charge in [0.25, 0.3) is 5.91 Å². The van der Waals surface area contributed by atoms with Crippen molar-refractivity contribution < 1.29 is 14.3 Å². The van der Waals surface area contributed by atoms with Crippen LogP contribution in [-0.2, 0) is 10.2 Å². The van der Waals surface area contributed by atoms with Crippen molar-refractivity contribution in [3.8, 4) is 5.75 Å². The molecular weight excluding hydrogens is 352 g/mol. The summed E-state index contributed by atoms with van der Waals surface area (Å²) >= 11 is 6.35. The summed E-state index contributed by atoms with van der Waals surface area (Å²) < 4.78 is 5.76. The van der Waals surface area contributed by atoms with Gasteiger partial charge in [-0.15, -0.1) is 0 Å². The molecule has 1 aromatic rings. The summed E-state index contributed by atoms with van der Waals surface area (Å²) in [7, 11) is 0. The molecule has 6 heteroatoms. The second kappa shape index (κ2) is 7.87. The molecule has 0 aromatic heterocycles. The molecule has 1 fully saturated rings. The number of benzene rings is 1. The first-order valence-electron chi connectivity index (χ1n) is 9.15. The Morgan fingerprint density at radius 3 is 2.46 bits per heavy atom. The number of imide groups is 1. The zero-order valence-corrected chi connectivity index (χ0v) is 17.1. The summed E-state index contributed by atoms with van der Waals surface area (Å²) in [6.45, 7) is 10.8. The topological polar surface area (TPSA) is 58.6 Å². The number of halogens is 1. The maximum Gasteiger partial charge on any atom is 0.325 e. The quantitative estimate of drug-likeness (QED) is 0.533. The molecule has 0 unspecified atom stereocenters. The van der Waals surface area contributed by atoms with Crippen molar-refractivity contribution in [2.24, 2.45) is 0 Å². The van der Waals surface area contributed by atoms with E-state index in [-0.39, 0.29) is 17.4 Å². The van der Waals surface area contributed by atoms with E-state index in [4.69, 9.17) is 16.3 Å². The third kappa shape index (κ3) is 4.50. The molecule has 0 atom stereocenters. The SMILES string of the molecule is CCC(C)(C)c1ccc(OCCCCN2C(=O)NC(C)(C)C2=O)c(Cl)c1. The van der Waals surface area contributed by atoms with E-state index in [1.807, 2.05) is 12.1 Å². The third-order valence-electron chi connectivity index (χ3n) is 5.08. The smallest absolute Gasteiger partial charge is 0.325 e. The number of amides is 3. The molecule has 1 aliphatic heterocycles. The van der Waals surface area contributed by atoms with E-state index >= 15 is 0 Å². The Morgan fingerprint density at radius 2 is 1.92 bits per heavy atom. The molecule has 0 spiro atoms. The van der Waals surface area contributed by atoms with E-state index in [1.165, 1.54) is 10.5 Å². The van der Waals surface area contributed by atoms with Crippen molar-refractivity contribution in [2.45, 2.75) is 64.8 Å².